The SMILES string of the molecule is CC1(C)CCCN(c2nc(Cl)c(Cl)cc2Cl)C1. The molecule has 0 unspecified atom stereocenters. The predicted octanol–water partition coefficient (Wildman–Crippen LogP) is 4.67. The van der Waals surface area contributed by atoms with Crippen LogP contribution in [0, 0.1) is 5.41 Å². The zero-order valence-corrected chi connectivity index (χ0v) is 12.2. The van der Waals surface area contributed by atoms with Crippen molar-refractivity contribution in [3.8, 4) is 0 Å². The van der Waals surface area contributed by atoms with Crippen molar-refractivity contribution in [3.05, 3.63) is 21.3 Å². The van der Waals surface area contributed by atoms with Gasteiger partial charge in [0.25, 0.3) is 0 Å². The Morgan fingerprint density at radius 3 is 2.59 bits per heavy atom. The van der Waals surface area contributed by atoms with Gasteiger partial charge in [0, 0.05) is 13.1 Å². The summed E-state index contributed by atoms with van der Waals surface area (Å²) in [6, 6.07) is 1.66. The fourth-order valence-electron chi connectivity index (χ4n) is 2.26. The van der Waals surface area contributed by atoms with E-state index in [4.69, 9.17) is 34.8 Å². The molecule has 0 aliphatic carbocycles. The molecule has 0 saturated carbocycles. The predicted molar refractivity (Wildman–Crippen MR) is 74.5 cm³/mol. The second-order valence-corrected chi connectivity index (χ2v) is 6.43. The minimum Gasteiger partial charge on any atom is -0.355 e. The number of anilines is 1. The highest BCUT2D eigenvalue weighted by molar-refractivity contribution is 6.42. The lowest BCUT2D eigenvalue weighted by atomic mass is 9.84. The molecule has 1 saturated heterocycles. The highest BCUT2D eigenvalue weighted by atomic mass is 35.5. The first-order valence-corrected chi connectivity index (χ1v) is 6.79. The van der Waals surface area contributed by atoms with Crippen LogP contribution in [-0.2, 0) is 0 Å². The van der Waals surface area contributed by atoms with Crippen molar-refractivity contribution in [2.75, 3.05) is 18.0 Å². The Labute approximate surface area is 117 Å². The molecule has 0 spiro atoms. The van der Waals surface area contributed by atoms with Gasteiger partial charge in [-0.2, -0.15) is 0 Å². The summed E-state index contributed by atoms with van der Waals surface area (Å²) in [6.07, 6.45) is 2.37. The van der Waals surface area contributed by atoms with E-state index in [1.807, 2.05) is 0 Å². The van der Waals surface area contributed by atoms with Gasteiger partial charge < -0.3 is 4.90 Å². The maximum absolute atomic E-state index is 6.18. The van der Waals surface area contributed by atoms with E-state index in [9.17, 15) is 0 Å². The Morgan fingerprint density at radius 1 is 1.24 bits per heavy atom. The molecule has 0 N–H and O–H groups in total. The van der Waals surface area contributed by atoms with E-state index in [1.165, 1.54) is 6.42 Å². The van der Waals surface area contributed by atoms with E-state index in [1.54, 1.807) is 6.07 Å². The van der Waals surface area contributed by atoms with E-state index in [0.717, 1.165) is 25.3 Å². The molecule has 17 heavy (non-hydrogen) atoms. The van der Waals surface area contributed by atoms with Gasteiger partial charge in [-0.1, -0.05) is 48.7 Å². The average molecular weight is 294 g/mol. The zero-order chi connectivity index (χ0) is 12.6. The molecule has 0 amide bonds. The second kappa shape index (κ2) is 4.83. The summed E-state index contributed by atoms with van der Waals surface area (Å²) in [7, 11) is 0. The summed E-state index contributed by atoms with van der Waals surface area (Å²) in [5.41, 5.74) is 0.287. The molecular formula is C12H15Cl3N2. The summed E-state index contributed by atoms with van der Waals surface area (Å²) < 4.78 is 0. The van der Waals surface area contributed by atoms with Gasteiger partial charge in [-0.15, -0.1) is 0 Å². The highest BCUT2D eigenvalue weighted by Crippen LogP contribution is 2.36. The molecule has 2 heterocycles. The van der Waals surface area contributed by atoms with Crippen LogP contribution in [-0.4, -0.2) is 18.1 Å². The Balaban J connectivity index is 2.31. The first kappa shape index (κ1) is 13.3. The lowest BCUT2D eigenvalue weighted by Gasteiger charge is -2.39. The minimum atomic E-state index is 0.287. The Hall–Kier alpha value is -0.180. The first-order valence-electron chi connectivity index (χ1n) is 5.65. The van der Waals surface area contributed by atoms with Crippen LogP contribution >= 0.6 is 34.8 Å². The number of hydrogen-bond donors (Lipinski definition) is 0. The average Bonchev–Trinajstić information content (AvgIpc) is 2.22. The minimum absolute atomic E-state index is 0.287. The van der Waals surface area contributed by atoms with E-state index in [0.29, 0.717) is 15.2 Å². The lowest BCUT2D eigenvalue weighted by molar-refractivity contribution is 0.292. The van der Waals surface area contributed by atoms with Gasteiger partial charge in [-0.05, 0) is 24.3 Å². The van der Waals surface area contributed by atoms with Crippen molar-refractivity contribution >= 4 is 40.6 Å². The van der Waals surface area contributed by atoms with Gasteiger partial charge in [0.1, 0.15) is 11.0 Å². The van der Waals surface area contributed by atoms with Crippen LogP contribution in [0.25, 0.3) is 0 Å². The Kier molecular flexibility index (Phi) is 3.77. The van der Waals surface area contributed by atoms with Crippen LogP contribution in [0.5, 0.6) is 0 Å². The Morgan fingerprint density at radius 2 is 1.94 bits per heavy atom. The Bertz CT molecular complexity index is 432. The number of hydrogen-bond acceptors (Lipinski definition) is 2. The molecule has 1 aliphatic heterocycles. The molecule has 1 fully saturated rings. The smallest absolute Gasteiger partial charge is 0.150 e. The van der Waals surface area contributed by atoms with Crippen molar-refractivity contribution in [2.24, 2.45) is 5.41 Å². The molecule has 2 rings (SSSR count). The van der Waals surface area contributed by atoms with E-state index in [2.05, 4.69) is 23.7 Å². The molecule has 0 radical (unpaired) electrons. The third-order valence-corrected chi connectivity index (χ3v) is 4.02. The van der Waals surface area contributed by atoms with Gasteiger partial charge in [0.05, 0.1) is 10.0 Å². The number of pyridine rings is 1. The molecule has 1 aliphatic rings. The quantitative estimate of drug-likeness (QED) is 0.700. The van der Waals surface area contributed by atoms with Gasteiger partial charge >= 0.3 is 0 Å². The monoisotopic (exact) mass is 292 g/mol. The second-order valence-electron chi connectivity index (χ2n) is 5.26. The summed E-state index contributed by atoms with van der Waals surface area (Å²) in [4.78, 5) is 6.48. The van der Waals surface area contributed by atoms with Crippen molar-refractivity contribution in [1.82, 2.24) is 4.98 Å². The van der Waals surface area contributed by atoms with E-state index in [-0.39, 0.29) is 5.41 Å². The molecule has 5 heteroatoms. The zero-order valence-electron chi connectivity index (χ0n) is 9.93. The van der Waals surface area contributed by atoms with Gasteiger partial charge in [-0.25, -0.2) is 4.98 Å². The maximum Gasteiger partial charge on any atom is 0.150 e. The normalized spacial score (nSPS) is 19.5. The first-order chi connectivity index (χ1) is 7.89. The van der Waals surface area contributed by atoms with Gasteiger partial charge in [-0.3, -0.25) is 0 Å². The van der Waals surface area contributed by atoms with Crippen LogP contribution in [0.1, 0.15) is 26.7 Å². The van der Waals surface area contributed by atoms with Crippen molar-refractivity contribution in [1.29, 1.82) is 0 Å². The molecule has 94 valence electrons. The molecular weight excluding hydrogens is 279 g/mol. The number of nitrogens with zero attached hydrogens (tertiary/aromatic N) is 2. The van der Waals surface area contributed by atoms with Crippen LogP contribution in [0.4, 0.5) is 5.82 Å². The standard InChI is InChI=1S/C12H15Cl3N2/c1-12(2)4-3-5-17(7-12)11-9(14)6-8(13)10(15)16-11/h6H,3-5,7H2,1-2H3. The summed E-state index contributed by atoms with van der Waals surface area (Å²) in [6.45, 7) is 6.42. The molecule has 0 atom stereocenters. The van der Waals surface area contributed by atoms with Crippen molar-refractivity contribution in [2.45, 2.75) is 26.7 Å². The van der Waals surface area contributed by atoms with Crippen LogP contribution < -0.4 is 4.90 Å². The topological polar surface area (TPSA) is 16.1 Å². The van der Waals surface area contributed by atoms with Crippen LogP contribution in [0.2, 0.25) is 15.2 Å². The van der Waals surface area contributed by atoms with Gasteiger partial charge in [0.2, 0.25) is 0 Å². The van der Waals surface area contributed by atoms with Crippen LogP contribution in [0.15, 0.2) is 6.07 Å². The van der Waals surface area contributed by atoms with Crippen LogP contribution in [0.3, 0.4) is 0 Å². The fraction of sp³-hybridized carbons (Fsp3) is 0.583. The summed E-state index contributed by atoms with van der Waals surface area (Å²) in [5, 5.41) is 1.28. The molecule has 1 aromatic heterocycles. The number of rotatable bonds is 1. The number of piperidine rings is 1. The van der Waals surface area contributed by atoms with Gasteiger partial charge in [0.15, 0.2) is 0 Å². The maximum atomic E-state index is 6.18. The van der Waals surface area contributed by atoms with E-state index >= 15 is 0 Å². The van der Waals surface area contributed by atoms with Crippen molar-refractivity contribution < 1.29 is 0 Å². The lowest BCUT2D eigenvalue weighted by Crippen LogP contribution is -2.40. The summed E-state index contributed by atoms with van der Waals surface area (Å²) >= 11 is 18.0. The highest BCUT2D eigenvalue weighted by Gasteiger charge is 2.28. The molecule has 0 aromatic carbocycles. The molecule has 0 bridgehead atoms. The molecule has 2 nitrogen and oxygen atoms in total. The number of halogens is 3. The fourth-order valence-corrected chi connectivity index (χ4v) is 2.87. The summed E-state index contributed by atoms with van der Waals surface area (Å²) in [5.74, 6) is 0.744. The van der Waals surface area contributed by atoms with E-state index < -0.39 is 0 Å². The third-order valence-electron chi connectivity index (χ3n) is 3.07. The molecule has 1 aromatic rings. The third kappa shape index (κ3) is 2.98. The largest absolute Gasteiger partial charge is 0.355 e. The number of aromatic nitrogens is 1. The van der Waals surface area contributed by atoms with Crippen molar-refractivity contribution in [3.63, 3.8) is 0 Å².